The number of ether oxygens (including phenoxy) is 1. The fraction of sp³-hybridized carbons (Fsp3) is 0.529. The van der Waals surface area contributed by atoms with Crippen LogP contribution in [0.2, 0.25) is 0 Å². The molecule has 1 aromatic rings. The van der Waals surface area contributed by atoms with Crippen molar-refractivity contribution in [2.24, 2.45) is 0 Å². The maximum atomic E-state index is 12.3. The molecular formula is C17H26N2O3. The number of likely N-dealkylation sites (N-methyl/N-ethyl adjacent to an activating group) is 1. The van der Waals surface area contributed by atoms with E-state index in [1.165, 1.54) is 0 Å². The van der Waals surface area contributed by atoms with Crippen molar-refractivity contribution in [3.8, 4) is 5.75 Å². The fourth-order valence-corrected chi connectivity index (χ4v) is 2.19. The van der Waals surface area contributed by atoms with Crippen LogP contribution < -0.4 is 10.1 Å². The third kappa shape index (κ3) is 5.06. The molecule has 0 heterocycles. The number of rotatable bonds is 8. The van der Waals surface area contributed by atoms with Crippen molar-refractivity contribution < 1.29 is 14.3 Å². The number of hydrogen-bond acceptors (Lipinski definition) is 3. The van der Waals surface area contributed by atoms with Crippen LogP contribution in [0.5, 0.6) is 5.75 Å². The van der Waals surface area contributed by atoms with Gasteiger partial charge in [-0.25, -0.2) is 0 Å². The van der Waals surface area contributed by atoms with Gasteiger partial charge in [-0.3, -0.25) is 9.59 Å². The smallest absolute Gasteiger partial charge is 0.242 e. The minimum absolute atomic E-state index is 0.00271. The molecule has 0 unspecified atom stereocenters. The van der Waals surface area contributed by atoms with Crippen LogP contribution >= 0.6 is 0 Å². The Bertz CT molecular complexity index is 485. The summed E-state index contributed by atoms with van der Waals surface area (Å²) in [6, 6.07) is 7.05. The molecule has 0 spiro atoms. The van der Waals surface area contributed by atoms with Gasteiger partial charge in [-0.15, -0.1) is 0 Å². The Labute approximate surface area is 132 Å². The Morgan fingerprint density at radius 1 is 1.23 bits per heavy atom. The highest BCUT2D eigenvalue weighted by Crippen LogP contribution is 2.15. The molecule has 1 N–H and O–H groups in total. The zero-order valence-corrected chi connectivity index (χ0v) is 13.9. The minimum atomic E-state index is -0.485. The number of nitrogens with one attached hydrogen (secondary N) is 1. The number of benzene rings is 1. The summed E-state index contributed by atoms with van der Waals surface area (Å²) in [7, 11) is 1.61. The van der Waals surface area contributed by atoms with Gasteiger partial charge < -0.3 is 15.0 Å². The molecule has 0 aliphatic heterocycles. The first kappa shape index (κ1) is 18.0. The van der Waals surface area contributed by atoms with E-state index in [2.05, 4.69) is 5.32 Å². The number of carbonyl (C=O) groups is 2. The van der Waals surface area contributed by atoms with Crippen molar-refractivity contribution in [2.75, 3.05) is 13.7 Å². The van der Waals surface area contributed by atoms with Crippen molar-refractivity contribution in [3.63, 3.8) is 0 Å². The van der Waals surface area contributed by atoms with E-state index < -0.39 is 6.04 Å². The minimum Gasteiger partial charge on any atom is -0.497 e. The summed E-state index contributed by atoms with van der Waals surface area (Å²) >= 11 is 0. The molecule has 22 heavy (non-hydrogen) atoms. The van der Waals surface area contributed by atoms with Crippen LogP contribution in [-0.4, -0.2) is 36.4 Å². The monoisotopic (exact) mass is 306 g/mol. The largest absolute Gasteiger partial charge is 0.497 e. The van der Waals surface area contributed by atoms with Crippen LogP contribution in [0.4, 0.5) is 0 Å². The van der Waals surface area contributed by atoms with Crippen molar-refractivity contribution >= 4 is 11.8 Å². The molecule has 0 radical (unpaired) electrons. The van der Waals surface area contributed by atoms with E-state index in [9.17, 15) is 9.59 Å². The molecule has 5 nitrogen and oxygen atoms in total. The first-order valence-electron chi connectivity index (χ1n) is 7.73. The van der Waals surface area contributed by atoms with Crippen LogP contribution in [0.3, 0.4) is 0 Å². The number of carbonyl (C=O) groups excluding carboxylic acids is 2. The van der Waals surface area contributed by atoms with Crippen molar-refractivity contribution in [1.82, 2.24) is 10.2 Å². The quantitative estimate of drug-likeness (QED) is 0.802. The number of amides is 2. The van der Waals surface area contributed by atoms with Gasteiger partial charge in [0.15, 0.2) is 0 Å². The third-order valence-corrected chi connectivity index (χ3v) is 3.49. The molecule has 2 amide bonds. The molecule has 5 heteroatoms. The summed E-state index contributed by atoms with van der Waals surface area (Å²) in [5, 5.41) is 2.77. The van der Waals surface area contributed by atoms with E-state index in [0.29, 0.717) is 19.5 Å². The van der Waals surface area contributed by atoms with Gasteiger partial charge in [0, 0.05) is 19.5 Å². The van der Waals surface area contributed by atoms with Crippen LogP contribution in [0, 0.1) is 0 Å². The number of hydrogen-bond donors (Lipinski definition) is 1. The molecule has 122 valence electrons. The molecule has 0 fully saturated rings. The van der Waals surface area contributed by atoms with Gasteiger partial charge >= 0.3 is 0 Å². The van der Waals surface area contributed by atoms with Gasteiger partial charge in [0.05, 0.1) is 7.11 Å². The van der Waals surface area contributed by atoms with Crippen LogP contribution in [0.25, 0.3) is 0 Å². The maximum Gasteiger partial charge on any atom is 0.242 e. The zero-order chi connectivity index (χ0) is 16.5. The summed E-state index contributed by atoms with van der Waals surface area (Å²) in [4.78, 5) is 26.0. The molecule has 0 saturated carbocycles. The molecular weight excluding hydrogens is 280 g/mol. The Balaban J connectivity index is 2.89. The highest BCUT2D eigenvalue weighted by Gasteiger charge is 2.25. The molecule has 1 atom stereocenters. The summed E-state index contributed by atoms with van der Waals surface area (Å²) in [6.07, 6.45) is 1.21. The maximum absolute atomic E-state index is 12.3. The summed E-state index contributed by atoms with van der Waals surface area (Å²) in [5.41, 5.74) is 0.974. The van der Waals surface area contributed by atoms with E-state index in [4.69, 9.17) is 4.74 Å². The first-order chi connectivity index (χ1) is 10.5. The van der Waals surface area contributed by atoms with Crippen molar-refractivity contribution in [1.29, 1.82) is 0 Å². The van der Waals surface area contributed by atoms with Crippen molar-refractivity contribution in [3.05, 3.63) is 29.8 Å². The van der Waals surface area contributed by atoms with Crippen LogP contribution in [0.15, 0.2) is 24.3 Å². The molecule has 0 aliphatic rings. The predicted octanol–water partition coefficient (Wildman–Crippen LogP) is 2.35. The van der Waals surface area contributed by atoms with E-state index in [0.717, 1.165) is 17.7 Å². The van der Waals surface area contributed by atoms with Gasteiger partial charge in [-0.1, -0.05) is 19.1 Å². The Morgan fingerprint density at radius 2 is 1.86 bits per heavy atom. The van der Waals surface area contributed by atoms with Gasteiger partial charge in [0.2, 0.25) is 11.8 Å². The van der Waals surface area contributed by atoms with Gasteiger partial charge in [-0.2, -0.15) is 0 Å². The van der Waals surface area contributed by atoms with Crippen LogP contribution in [0.1, 0.15) is 39.2 Å². The second-order valence-corrected chi connectivity index (χ2v) is 5.19. The van der Waals surface area contributed by atoms with E-state index >= 15 is 0 Å². The lowest BCUT2D eigenvalue weighted by atomic mass is 10.1. The third-order valence-electron chi connectivity index (χ3n) is 3.49. The normalized spacial score (nSPS) is 11.6. The molecule has 0 aliphatic carbocycles. The lowest BCUT2D eigenvalue weighted by molar-refractivity contribution is -0.140. The second kappa shape index (κ2) is 9.07. The van der Waals surface area contributed by atoms with Gasteiger partial charge in [0.1, 0.15) is 11.8 Å². The molecule has 1 rings (SSSR count). The zero-order valence-electron chi connectivity index (χ0n) is 13.9. The summed E-state index contributed by atoms with van der Waals surface area (Å²) in [5.74, 6) is 0.643. The summed E-state index contributed by atoms with van der Waals surface area (Å²) < 4.78 is 5.13. The first-order valence-corrected chi connectivity index (χ1v) is 7.73. The van der Waals surface area contributed by atoms with Crippen molar-refractivity contribution in [2.45, 2.75) is 46.2 Å². The molecule has 0 saturated heterocycles. The topological polar surface area (TPSA) is 58.6 Å². The Kier molecular flexibility index (Phi) is 7.43. The highest BCUT2D eigenvalue weighted by molar-refractivity contribution is 5.87. The average molecular weight is 306 g/mol. The standard InChI is InChI=1S/C17H26N2O3/c1-5-7-16(20)19(13(3)17(21)18-6-2)12-14-8-10-15(22-4)11-9-14/h8-11,13H,5-7,12H2,1-4H3,(H,18,21)/t13-/m0/s1. The molecule has 0 bridgehead atoms. The van der Waals surface area contributed by atoms with E-state index in [1.54, 1.807) is 18.9 Å². The Morgan fingerprint density at radius 3 is 2.36 bits per heavy atom. The average Bonchev–Trinajstić information content (AvgIpc) is 2.53. The molecule has 0 aromatic heterocycles. The second-order valence-electron chi connectivity index (χ2n) is 5.19. The highest BCUT2D eigenvalue weighted by atomic mass is 16.5. The lowest BCUT2D eigenvalue weighted by Gasteiger charge is -2.28. The Hall–Kier alpha value is -2.04. The number of methoxy groups -OCH3 is 1. The molecule has 1 aromatic carbocycles. The van der Waals surface area contributed by atoms with Gasteiger partial charge in [-0.05, 0) is 38.0 Å². The van der Waals surface area contributed by atoms with Gasteiger partial charge in [0.25, 0.3) is 0 Å². The number of nitrogens with zero attached hydrogens (tertiary/aromatic N) is 1. The summed E-state index contributed by atoms with van der Waals surface area (Å²) in [6.45, 7) is 6.57. The van der Waals surface area contributed by atoms with E-state index in [-0.39, 0.29) is 11.8 Å². The fourth-order valence-electron chi connectivity index (χ4n) is 2.19. The van der Waals surface area contributed by atoms with E-state index in [1.807, 2.05) is 38.1 Å². The SMILES string of the molecule is CCCC(=O)N(Cc1ccc(OC)cc1)[C@@H](C)C(=O)NCC. The van der Waals surface area contributed by atoms with Crippen LogP contribution in [-0.2, 0) is 16.1 Å². The predicted molar refractivity (Wildman–Crippen MR) is 86.6 cm³/mol. The lowest BCUT2D eigenvalue weighted by Crippen LogP contribution is -2.47.